The van der Waals surface area contributed by atoms with Crippen LogP contribution in [0.25, 0.3) is 16.6 Å². The van der Waals surface area contributed by atoms with Crippen LogP contribution in [0.5, 0.6) is 0 Å². The number of hydrogen-bond acceptors (Lipinski definition) is 11. The number of halogens is 1. The van der Waals surface area contributed by atoms with E-state index in [0.29, 0.717) is 33.4 Å². The molecule has 60 heavy (non-hydrogen) atoms. The second kappa shape index (κ2) is 14.9. The maximum absolute atomic E-state index is 13.7. The highest BCUT2D eigenvalue weighted by molar-refractivity contribution is 6.69. The Hall–Kier alpha value is -5.49. The molecule has 16 nitrogen and oxygen atoms in total. The minimum atomic E-state index is -2.01. The first-order valence-electron chi connectivity index (χ1n) is 20.4. The summed E-state index contributed by atoms with van der Waals surface area (Å²) in [5, 5.41) is 16.1. The van der Waals surface area contributed by atoms with E-state index in [1.54, 1.807) is 18.3 Å². The number of benzene rings is 2. The lowest BCUT2D eigenvalue weighted by Gasteiger charge is -2.44. The number of carbonyl (C=O) groups is 5. The van der Waals surface area contributed by atoms with Crippen LogP contribution in [0.3, 0.4) is 0 Å². The molecule has 0 spiro atoms. The van der Waals surface area contributed by atoms with Gasteiger partial charge in [0.2, 0.25) is 11.8 Å². The third kappa shape index (κ3) is 7.48. The van der Waals surface area contributed by atoms with Crippen LogP contribution in [0.4, 0.5) is 11.4 Å². The van der Waals surface area contributed by atoms with Crippen molar-refractivity contribution in [3.63, 3.8) is 0 Å². The predicted octanol–water partition coefficient (Wildman–Crippen LogP) is 5.25. The SMILES string of the molecule is CC(C)(O[Si](C)(C)C)c1cc2nn(C3CCN(CC4CN(c5ccc6c(c5)C(=O)N(C5CCC(=O)NC5=O)C6=O)C4)CC3)cc2cc1NC(=O)c1cnn2cc(Cl)cnc12. The zero-order chi connectivity index (χ0) is 42.2. The molecule has 5 amide bonds. The Bertz CT molecular complexity index is 2600. The first kappa shape index (κ1) is 39.9. The van der Waals surface area contributed by atoms with E-state index in [-0.39, 0.29) is 30.4 Å². The maximum atomic E-state index is 13.7. The molecule has 3 aromatic heterocycles. The van der Waals surface area contributed by atoms with Crippen molar-refractivity contribution in [2.45, 2.75) is 76.9 Å². The van der Waals surface area contributed by atoms with Gasteiger partial charge in [-0.15, -0.1) is 0 Å². The fraction of sp³-hybridized carbons (Fsp3) is 0.429. The van der Waals surface area contributed by atoms with Crippen molar-refractivity contribution >= 4 is 77.4 Å². The predicted molar refractivity (Wildman–Crippen MR) is 227 cm³/mol. The summed E-state index contributed by atoms with van der Waals surface area (Å²) in [6.45, 7) is 15.0. The number of fused-ring (bicyclic) bond motifs is 3. The van der Waals surface area contributed by atoms with Gasteiger partial charge in [-0.2, -0.15) is 10.2 Å². The van der Waals surface area contributed by atoms with E-state index in [2.05, 4.69) is 61.0 Å². The number of imide groups is 2. The lowest BCUT2D eigenvalue weighted by Crippen LogP contribution is -2.54. The van der Waals surface area contributed by atoms with Gasteiger partial charge in [0, 0.05) is 79.8 Å². The molecule has 2 N–H and O–H groups in total. The van der Waals surface area contributed by atoms with Gasteiger partial charge in [-0.05, 0) is 83.1 Å². The van der Waals surface area contributed by atoms with E-state index in [0.717, 1.165) is 72.6 Å². The average Bonchev–Trinajstić information content (AvgIpc) is 3.85. The van der Waals surface area contributed by atoms with Crippen molar-refractivity contribution in [2.75, 3.05) is 42.9 Å². The maximum Gasteiger partial charge on any atom is 0.262 e. The first-order valence-corrected chi connectivity index (χ1v) is 24.2. The largest absolute Gasteiger partial charge is 0.409 e. The number of nitrogens with zero attached hydrogens (tertiary/aromatic N) is 8. The summed E-state index contributed by atoms with van der Waals surface area (Å²) >= 11 is 6.10. The molecule has 9 rings (SSSR count). The first-order chi connectivity index (χ1) is 28.5. The highest BCUT2D eigenvalue weighted by Gasteiger charge is 2.45. The summed E-state index contributed by atoms with van der Waals surface area (Å²) in [4.78, 5) is 74.4. The van der Waals surface area contributed by atoms with Gasteiger partial charge in [0.25, 0.3) is 17.7 Å². The van der Waals surface area contributed by atoms with Crippen molar-refractivity contribution in [1.82, 2.24) is 39.5 Å². The van der Waals surface area contributed by atoms with Gasteiger partial charge in [0.1, 0.15) is 11.6 Å². The monoisotopic (exact) mass is 850 g/mol. The normalized spacial score (nSPS) is 19.7. The molecule has 0 bridgehead atoms. The van der Waals surface area contributed by atoms with Crippen molar-refractivity contribution in [3.8, 4) is 0 Å². The summed E-state index contributed by atoms with van der Waals surface area (Å²) in [7, 11) is -2.01. The molecule has 5 aromatic rings. The molecule has 0 radical (unpaired) electrons. The van der Waals surface area contributed by atoms with Crippen molar-refractivity contribution < 1.29 is 28.4 Å². The molecule has 7 heterocycles. The van der Waals surface area contributed by atoms with E-state index in [9.17, 15) is 24.0 Å². The minimum Gasteiger partial charge on any atom is -0.409 e. The van der Waals surface area contributed by atoms with E-state index < -0.39 is 43.6 Å². The van der Waals surface area contributed by atoms with Crippen LogP contribution in [0.1, 0.15) is 82.2 Å². The van der Waals surface area contributed by atoms with E-state index in [4.69, 9.17) is 21.1 Å². The van der Waals surface area contributed by atoms with E-state index in [1.807, 2.05) is 32.0 Å². The van der Waals surface area contributed by atoms with E-state index in [1.165, 1.54) is 16.9 Å². The molecule has 3 fully saturated rings. The Morgan fingerprint density at radius 3 is 2.47 bits per heavy atom. The Balaban J connectivity index is 0.841. The third-order valence-electron chi connectivity index (χ3n) is 11.9. The molecule has 0 saturated carbocycles. The van der Waals surface area contributed by atoms with Crippen LogP contribution in [0.15, 0.2) is 55.1 Å². The third-order valence-corrected chi connectivity index (χ3v) is 13.2. The zero-order valence-electron chi connectivity index (χ0n) is 34.2. The molecule has 18 heteroatoms. The number of piperidine rings is 2. The summed E-state index contributed by atoms with van der Waals surface area (Å²) in [6.07, 6.45) is 8.77. The molecule has 4 aliphatic heterocycles. The molecular weight excluding hydrogens is 804 g/mol. The van der Waals surface area contributed by atoms with Crippen LogP contribution < -0.4 is 15.5 Å². The minimum absolute atomic E-state index is 0.0855. The smallest absolute Gasteiger partial charge is 0.262 e. The fourth-order valence-electron chi connectivity index (χ4n) is 9.18. The summed E-state index contributed by atoms with van der Waals surface area (Å²) in [5.74, 6) is -1.88. The van der Waals surface area contributed by atoms with Crippen molar-refractivity contribution in [2.24, 2.45) is 5.92 Å². The molecule has 1 unspecified atom stereocenters. The molecule has 4 aliphatic rings. The molecule has 312 valence electrons. The standard InChI is InChI=1S/C42H47ClN10O6Si/c1-42(2,59-60(3,4)5)32-16-33-25(14-34(32)46-38(55)31-18-45-52-23-26(43)17-44-37(31)52)22-51(48-33)27-10-12-49(13-11-27)19-24-20-50(21-24)28-6-7-29-30(15-28)41(58)53(40(29)57)35-8-9-36(54)47-39(35)56/h6-7,14-18,22-24,27,35H,8-13,19-21H2,1-5H3,(H,46,55)(H,47,54,56). The number of anilines is 2. The van der Waals surface area contributed by atoms with Crippen molar-refractivity contribution in [1.29, 1.82) is 0 Å². The Kier molecular flexibility index (Phi) is 9.92. The summed E-state index contributed by atoms with van der Waals surface area (Å²) < 4.78 is 10.2. The fourth-order valence-corrected chi connectivity index (χ4v) is 11.0. The van der Waals surface area contributed by atoms with Gasteiger partial charge in [-0.3, -0.25) is 38.9 Å². The highest BCUT2D eigenvalue weighted by atomic mass is 35.5. The van der Waals surface area contributed by atoms with Crippen LogP contribution >= 0.6 is 11.6 Å². The van der Waals surface area contributed by atoms with Gasteiger partial charge in [-0.1, -0.05) is 11.6 Å². The number of likely N-dealkylation sites (tertiary alicyclic amines) is 1. The average molecular weight is 851 g/mol. The topological polar surface area (TPSA) is 176 Å². The van der Waals surface area contributed by atoms with Crippen LogP contribution in [0, 0.1) is 5.92 Å². The molecular formula is C42H47ClN10O6Si. The zero-order valence-corrected chi connectivity index (χ0v) is 36.0. The summed E-state index contributed by atoms with van der Waals surface area (Å²) in [6, 6.07) is 8.56. The van der Waals surface area contributed by atoms with Crippen molar-refractivity contribution in [3.05, 3.63) is 82.4 Å². The number of amides is 5. The number of carbonyl (C=O) groups excluding carboxylic acids is 5. The van der Waals surface area contributed by atoms with E-state index >= 15 is 0 Å². The van der Waals surface area contributed by atoms with Crippen LogP contribution in [-0.2, 0) is 19.6 Å². The molecule has 3 saturated heterocycles. The van der Waals surface area contributed by atoms with Gasteiger partial charge in [-0.25, -0.2) is 9.50 Å². The van der Waals surface area contributed by atoms with Gasteiger partial charge in [0.15, 0.2) is 14.0 Å². The second-order valence-corrected chi connectivity index (χ2v) is 22.7. The van der Waals surface area contributed by atoms with Crippen LogP contribution in [-0.4, -0.2) is 111 Å². The number of hydrogen-bond donors (Lipinski definition) is 2. The Morgan fingerprint density at radius 1 is 0.983 bits per heavy atom. The number of rotatable bonds is 10. The van der Waals surface area contributed by atoms with Gasteiger partial charge >= 0.3 is 0 Å². The lowest BCUT2D eigenvalue weighted by molar-refractivity contribution is -0.136. The molecule has 0 aliphatic carbocycles. The Morgan fingerprint density at radius 2 is 1.73 bits per heavy atom. The highest BCUT2D eigenvalue weighted by Crippen LogP contribution is 2.38. The van der Waals surface area contributed by atoms with Gasteiger partial charge < -0.3 is 19.5 Å². The second-order valence-electron chi connectivity index (χ2n) is 17.8. The number of aromatic nitrogens is 5. The summed E-state index contributed by atoms with van der Waals surface area (Å²) in [5.41, 5.74) is 3.79. The number of nitrogens with one attached hydrogen (secondary N) is 2. The molecule has 2 aromatic carbocycles. The Labute approximate surface area is 352 Å². The van der Waals surface area contributed by atoms with Crippen LogP contribution in [0.2, 0.25) is 24.7 Å². The lowest BCUT2D eigenvalue weighted by atomic mass is 9.95. The quantitative estimate of drug-likeness (QED) is 0.139. The van der Waals surface area contributed by atoms with Gasteiger partial charge in [0.05, 0.1) is 45.7 Å². The molecule has 1 atom stereocenters.